The molecule has 0 fully saturated rings. The van der Waals surface area contributed by atoms with Crippen molar-refractivity contribution in [3.05, 3.63) is 23.1 Å². The van der Waals surface area contributed by atoms with Crippen LogP contribution in [0.15, 0.2) is 23.1 Å². The second kappa shape index (κ2) is 5.73. The molecule has 1 aliphatic heterocycles. The summed E-state index contributed by atoms with van der Waals surface area (Å²) in [4.78, 5) is 0. The summed E-state index contributed by atoms with van der Waals surface area (Å²) in [5.41, 5.74) is 3.26. The molecular weight excluding hydrogens is 138 g/mol. The van der Waals surface area contributed by atoms with Crippen molar-refractivity contribution in [1.82, 2.24) is 0 Å². The molecule has 0 aliphatic carbocycles. The first-order valence-electron chi connectivity index (χ1n) is 4.73. The van der Waals surface area contributed by atoms with Crippen LogP contribution in [0.1, 0.15) is 33.6 Å². The van der Waals surface area contributed by atoms with Gasteiger partial charge in [0.05, 0.1) is 0 Å². The maximum atomic E-state index is 2.36. The van der Waals surface area contributed by atoms with Crippen LogP contribution in [-0.4, -0.2) is 25.6 Å². The van der Waals surface area contributed by atoms with Gasteiger partial charge in [0.2, 0.25) is 0 Å². The molecule has 0 atom stereocenters. The zero-order valence-corrected chi connectivity index (χ0v) is 7.85. The van der Waals surface area contributed by atoms with E-state index in [2.05, 4.69) is 32.8 Å². The molecule has 0 nitrogen and oxygen atoms in total. The van der Waals surface area contributed by atoms with Gasteiger partial charge in [-0.25, -0.2) is 0 Å². The molecule has 0 N–H and O–H groups in total. The van der Waals surface area contributed by atoms with Gasteiger partial charge in [-0.3, -0.25) is 0 Å². The fourth-order valence-corrected chi connectivity index (χ4v) is 1.91. The molecule has 0 aromatic heterocycles. The monoisotopic (exact) mass is 156 g/mol. The van der Waals surface area contributed by atoms with Crippen LogP contribution in [0.3, 0.4) is 0 Å². The van der Waals surface area contributed by atoms with Gasteiger partial charge in [0.25, 0.3) is 0 Å². The molecular formula is C10H18BLi. The molecule has 0 unspecified atom stereocenters. The summed E-state index contributed by atoms with van der Waals surface area (Å²) in [7, 11) is 0. The quantitative estimate of drug-likeness (QED) is 0.551. The van der Waals surface area contributed by atoms with Crippen LogP contribution >= 0.6 is 0 Å². The van der Waals surface area contributed by atoms with E-state index in [0.29, 0.717) is 0 Å². The summed E-state index contributed by atoms with van der Waals surface area (Å²) in [6.07, 6.45) is 6.01. The Bertz CT molecular complexity index is 194. The fraction of sp³-hybridized carbons (Fsp3) is 0.600. The first kappa shape index (κ1) is 12.1. The molecule has 1 heterocycles. The fourth-order valence-electron chi connectivity index (χ4n) is 1.91. The van der Waals surface area contributed by atoms with Crippen LogP contribution in [0.25, 0.3) is 0 Å². The summed E-state index contributed by atoms with van der Waals surface area (Å²) in [6.45, 7) is 7.53. The molecule has 0 amide bonds. The Morgan fingerprint density at radius 2 is 1.83 bits per heavy atom. The SMILES string of the molecule is CCB1C=CC(CC)=C1CC.[LiH]. The molecule has 0 aromatic carbocycles. The average Bonchev–Trinajstić information content (AvgIpc) is 2.45. The Morgan fingerprint density at radius 1 is 1.17 bits per heavy atom. The Labute approximate surface area is 88.8 Å². The number of hydrogen-bond acceptors (Lipinski definition) is 0. The van der Waals surface area contributed by atoms with Crippen LogP contribution in [0.2, 0.25) is 6.32 Å². The third kappa shape index (κ3) is 2.31. The number of rotatable bonds is 3. The second-order valence-corrected chi connectivity index (χ2v) is 3.13. The van der Waals surface area contributed by atoms with Crippen LogP contribution in [0.5, 0.6) is 0 Å². The van der Waals surface area contributed by atoms with Crippen molar-refractivity contribution in [3.63, 3.8) is 0 Å². The third-order valence-electron chi connectivity index (χ3n) is 2.59. The van der Waals surface area contributed by atoms with Crippen molar-refractivity contribution >= 4 is 25.6 Å². The van der Waals surface area contributed by atoms with E-state index in [4.69, 9.17) is 0 Å². The maximum absolute atomic E-state index is 2.36. The minimum absolute atomic E-state index is 0. The van der Waals surface area contributed by atoms with Crippen molar-refractivity contribution < 1.29 is 0 Å². The summed E-state index contributed by atoms with van der Waals surface area (Å²) >= 11 is 0. The van der Waals surface area contributed by atoms with E-state index in [-0.39, 0.29) is 18.9 Å². The van der Waals surface area contributed by atoms with Crippen molar-refractivity contribution in [2.24, 2.45) is 0 Å². The standard InChI is InChI=1S/C10H17B.Li.H/c1-4-9-7-8-11(6-3)10(9)5-2;;/h7-8H,4-6H2,1-3H3;;. The molecule has 1 rings (SSSR count). The van der Waals surface area contributed by atoms with Gasteiger partial charge < -0.3 is 0 Å². The van der Waals surface area contributed by atoms with Gasteiger partial charge in [-0.05, 0) is 12.8 Å². The predicted octanol–water partition coefficient (Wildman–Crippen LogP) is 2.62. The van der Waals surface area contributed by atoms with Gasteiger partial charge in [-0.2, -0.15) is 0 Å². The predicted molar refractivity (Wildman–Crippen MR) is 60.1 cm³/mol. The van der Waals surface area contributed by atoms with E-state index in [9.17, 15) is 0 Å². The Kier molecular flexibility index (Phi) is 5.80. The van der Waals surface area contributed by atoms with Crippen molar-refractivity contribution in [3.8, 4) is 0 Å². The second-order valence-electron chi connectivity index (χ2n) is 3.13. The van der Waals surface area contributed by atoms with Gasteiger partial charge in [0.1, 0.15) is 0 Å². The van der Waals surface area contributed by atoms with Crippen LogP contribution in [0, 0.1) is 0 Å². The van der Waals surface area contributed by atoms with Crippen LogP contribution in [-0.2, 0) is 0 Å². The van der Waals surface area contributed by atoms with Crippen molar-refractivity contribution in [2.45, 2.75) is 39.9 Å². The van der Waals surface area contributed by atoms with E-state index in [1.54, 1.807) is 11.0 Å². The molecule has 12 heavy (non-hydrogen) atoms. The minimum atomic E-state index is 0. The van der Waals surface area contributed by atoms with Crippen LogP contribution < -0.4 is 0 Å². The number of hydrogen-bond donors (Lipinski definition) is 0. The molecule has 62 valence electrons. The first-order valence-corrected chi connectivity index (χ1v) is 4.73. The Morgan fingerprint density at radius 3 is 2.25 bits per heavy atom. The molecule has 0 saturated carbocycles. The van der Waals surface area contributed by atoms with E-state index in [0.717, 1.165) is 6.71 Å². The number of allylic oxidation sites excluding steroid dienone is 3. The van der Waals surface area contributed by atoms with Gasteiger partial charge in [-0.15, -0.1) is 5.98 Å². The van der Waals surface area contributed by atoms with Gasteiger partial charge in [-0.1, -0.05) is 44.2 Å². The molecule has 2 heteroatoms. The van der Waals surface area contributed by atoms with Gasteiger partial charge >= 0.3 is 18.9 Å². The third-order valence-corrected chi connectivity index (χ3v) is 2.59. The van der Waals surface area contributed by atoms with Gasteiger partial charge in [0, 0.05) is 0 Å². The molecule has 0 radical (unpaired) electrons. The van der Waals surface area contributed by atoms with E-state index in [1.165, 1.54) is 19.2 Å². The Balaban J connectivity index is 0.00000121. The molecule has 1 aliphatic rings. The molecule has 0 saturated heterocycles. The Hall–Kier alpha value is 0.142. The van der Waals surface area contributed by atoms with E-state index < -0.39 is 0 Å². The summed E-state index contributed by atoms with van der Waals surface area (Å²) in [6, 6.07) is 0. The summed E-state index contributed by atoms with van der Waals surface area (Å²) in [5.74, 6) is 2.36. The van der Waals surface area contributed by atoms with E-state index >= 15 is 0 Å². The molecule has 0 spiro atoms. The van der Waals surface area contributed by atoms with Crippen LogP contribution in [0.4, 0.5) is 0 Å². The van der Waals surface area contributed by atoms with E-state index in [1.807, 2.05) is 0 Å². The molecule has 0 aromatic rings. The summed E-state index contributed by atoms with van der Waals surface area (Å²) in [5, 5.41) is 0. The van der Waals surface area contributed by atoms with Crippen molar-refractivity contribution in [2.75, 3.05) is 0 Å². The zero-order valence-electron chi connectivity index (χ0n) is 7.85. The topological polar surface area (TPSA) is 0 Å². The molecule has 0 bridgehead atoms. The van der Waals surface area contributed by atoms with Gasteiger partial charge in [0.15, 0.2) is 6.71 Å². The summed E-state index contributed by atoms with van der Waals surface area (Å²) < 4.78 is 0. The normalized spacial score (nSPS) is 15.4. The van der Waals surface area contributed by atoms with Crippen molar-refractivity contribution in [1.29, 1.82) is 0 Å². The average molecular weight is 156 g/mol. The first-order chi connectivity index (χ1) is 5.33. The zero-order chi connectivity index (χ0) is 8.27.